The van der Waals surface area contributed by atoms with Crippen LogP contribution in [0.25, 0.3) is 0 Å². The Morgan fingerprint density at radius 3 is 3.00 bits per heavy atom. The predicted molar refractivity (Wildman–Crippen MR) is 40.9 cm³/mol. The van der Waals surface area contributed by atoms with Crippen molar-refractivity contribution in [2.24, 2.45) is 0 Å². The Bertz CT molecular complexity index is 97.6. The zero-order valence-corrected chi connectivity index (χ0v) is 6.76. The van der Waals surface area contributed by atoms with Gasteiger partial charge in [0.05, 0.1) is 6.73 Å². The molecule has 0 aromatic rings. The summed E-state index contributed by atoms with van der Waals surface area (Å²) in [6.45, 7) is 3.04. The molecule has 1 fully saturated rings. The first-order valence-electron chi connectivity index (χ1n) is 3.74. The Morgan fingerprint density at radius 2 is 2.50 bits per heavy atom. The van der Waals surface area contributed by atoms with Crippen molar-refractivity contribution in [3.8, 4) is 0 Å². The molecule has 10 heavy (non-hydrogen) atoms. The van der Waals surface area contributed by atoms with Gasteiger partial charge in [-0.3, -0.25) is 5.32 Å². The lowest BCUT2D eigenvalue weighted by Crippen LogP contribution is -2.32. The monoisotopic (exact) mass is 144 g/mol. The Balaban J connectivity index is 2.06. The summed E-state index contributed by atoms with van der Waals surface area (Å²) in [4.78, 5) is 2.33. The van der Waals surface area contributed by atoms with Gasteiger partial charge in [-0.25, -0.2) is 0 Å². The highest BCUT2D eigenvalue weighted by molar-refractivity contribution is 4.77. The van der Waals surface area contributed by atoms with E-state index in [0.717, 1.165) is 6.54 Å². The second-order valence-corrected chi connectivity index (χ2v) is 2.88. The number of rotatable bonds is 3. The van der Waals surface area contributed by atoms with Crippen molar-refractivity contribution in [3.63, 3.8) is 0 Å². The first-order valence-corrected chi connectivity index (χ1v) is 3.74. The van der Waals surface area contributed by atoms with Gasteiger partial charge in [-0.15, -0.1) is 0 Å². The molecule has 0 saturated carbocycles. The van der Waals surface area contributed by atoms with Gasteiger partial charge in [0.1, 0.15) is 0 Å². The molecule has 0 aliphatic carbocycles. The third-order valence-electron chi connectivity index (χ3n) is 1.91. The summed E-state index contributed by atoms with van der Waals surface area (Å²) in [5.74, 6) is 0. The summed E-state index contributed by atoms with van der Waals surface area (Å²) in [5.41, 5.74) is 0. The molecule has 1 aliphatic rings. The minimum Gasteiger partial charge on any atom is -0.370 e. The van der Waals surface area contributed by atoms with Crippen molar-refractivity contribution >= 4 is 0 Å². The maximum absolute atomic E-state index is 4.91. The molecule has 1 unspecified atom stereocenters. The topological polar surface area (TPSA) is 24.5 Å². The standard InChI is InChI=1S/C7H16N2O/c1-9-4-3-7(5-9)8-6-10-2/h7-8H,3-6H2,1-2H3. The number of nitrogens with one attached hydrogen (secondary N) is 1. The number of likely N-dealkylation sites (tertiary alicyclic amines) is 1. The van der Waals surface area contributed by atoms with Crippen LogP contribution in [0.15, 0.2) is 0 Å². The SMILES string of the molecule is COCNC1CCN(C)C1. The second-order valence-electron chi connectivity index (χ2n) is 2.88. The lowest BCUT2D eigenvalue weighted by molar-refractivity contribution is 0.164. The molecule has 1 aliphatic heterocycles. The summed E-state index contributed by atoms with van der Waals surface area (Å²) in [6, 6.07) is 0.643. The third kappa shape index (κ3) is 2.25. The highest BCUT2D eigenvalue weighted by atomic mass is 16.5. The molecule has 0 aromatic carbocycles. The molecule has 0 spiro atoms. The Kier molecular flexibility index (Phi) is 3.12. The molecule has 1 N–H and O–H groups in total. The molecule has 60 valence electrons. The van der Waals surface area contributed by atoms with Gasteiger partial charge >= 0.3 is 0 Å². The van der Waals surface area contributed by atoms with Crippen LogP contribution in [0, 0.1) is 0 Å². The van der Waals surface area contributed by atoms with Crippen molar-refractivity contribution in [2.75, 3.05) is 34.0 Å². The number of hydrogen-bond acceptors (Lipinski definition) is 3. The van der Waals surface area contributed by atoms with Gasteiger partial charge in [0.15, 0.2) is 0 Å². The van der Waals surface area contributed by atoms with Gasteiger partial charge in [-0.2, -0.15) is 0 Å². The molecule has 1 saturated heterocycles. The van der Waals surface area contributed by atoms with Crippen LogP contribution in [-0.4, -0.2) is 44.9 Å². The van der Waals surface area contributed by atoms with E-state index in [-0.39, 0.29) is 0 Å². The van der Waals surface area contributed by atoms with Crippen LogP contribution < -0.4 is 5.32 Å². The molecule has 1 atom stereocenters. The molecule has 0 amide bonds. The van der Waals surface area contributed by atoms with Crippen LogP contribution in [0.5, 0.6) is 0 Å². The lowest BCUT2D eigenvalue weighted by atomic mass is 10.3. The minimum absolute atomic E-state index is 0.643. The van der Waals surface area contributed by atoms with Crippen LogP contribution in [0.3, 0.4) is 0 Å². The van der Waals surface area contributed by atoms with Gasteiger partial charge in [0, 0.05) is 19.7 Å². The summed E-state index contributed by atoms with van der Waals surface area (Å²) in [7, 11) is 3.86. The maximum Gasteiger partial charge on any atom is 0.0963 e. The molecule has 1 heterocycles. The number of likely N-dealkylation sites (N-methyl/N-ethyl adjacent to an activating group) is 1. The van der Waals surface area contributed by atoms with E-state index in [2.05, 4.69) is 17.3 Å². The summed E-state index contributed by atoms with van der Waals surface area (Å²) < 4.78 is 4.91. The largest absolute Gasteiger partial charge is 0.370 e. The fourth-order valence-corrected chi connectivity index (χ4v) is 1.30. The highest BCUT2D eigenvalue weighted by Crippen LogP contribution is 2.04. The van der Waals surface area contributed by atoms with Gasteiger partial charge < -0.3 is 9.64 Å². The van der Waals surface area contributed by atoms with E-state index in [9.17, 15) is 0 Å². The molecular formula is C7H16N2O. The van der Waals surface area contributed by atoms with E-state index in [1.165, 1.54) is 13.0 Å². The van der Waals surface area contributed by atoms with Gasteiger partial charge in [0.2, 0.25) is 0 Å². The first-order chi connectivity index (χ1) is 4.83. The smallest absolute Gasteiger partial charge is 0.0963 e. The first kappa shape index (κ1) is 7.98. The van der Waals surface area contributed by atoms with Gasteiger partial charge in [-0.05, 0) is 20.0 Å². The molecule has 0 radical (unpaired) electrons. The van der Waals surface area contributed by atoms with E-state index in [4.69, 9.17) is 4.74 Å². The van der Waals surface area contributed by atoms with Crippen molar-refractivity contribution in [1.29, 1.82) is 0 Å². The molecule has 1 rings (SSSR count). The van der Waals surface area contributed by atoms with Crippen LogP contribution in [0.2, 0.25) is 0 Å². The van der Waals surface area contributed by atoms with Crippen molar-refractivity contribution in [3.05, 3.63) is 0 Å². The lowest BCUT2D eigenvalue weighted by Gasteiger charge is -2.10. The summed E-state index contributed by atoms with van der Waals surface area (Å²) >= 11 is 0. The predicted octanol–water partition coefficient (Wildman–Crippen LogP) is -0.116. The average Bonchev–Trinajstić information content (AvgIpc) is 2.31. The highest BCUT2D eigenvalue weighted by Gasteiger charge is 2.17. The second kappa shape index (κ2) is 3.91. The van der Waals surface area contributed by atoms with E-state index >= 15 is 0 Å². The van der Waals surface area contributed by atoms with Crippen LogP contribution in [-0.2, 0) is 4.74 Å². The van der Waals surface area contributed by atoms with E-state index < -0.39 is 0 Å². The van der Waals surface area contributed by atoms with Crippen molar-refractivity contribution in [1.82, 2.24) is 10.2 Å². The normalized spacial score (nSPS) is 27.6. The van der Waals surface area contributed by atoms with Crippen molar-refractivity contribution in [2.45, 2.75) is 12.5 Å². The third-order valence-corrected chi connectivity index (χ3v) is 1.91. The van der Waals surface area contributed by atoms with E-state index in [1.54, 1.807) is 7.11 Å². The number of ether oxygens (including phenoxy) is 1. The quantitative estimate of drug-likeness (QED) is 0.559. The van der Waals surface area contributed by atoms with Gasteiger partial charge in [-0.1, -0.05) is 0 Å². The number of hydrogen-bond donors (Lipinski definition) is 1. The van der Waals surface area contributed by atoms with Crippen LogP contribution in [0.1, 0.15) is 6.42 Å². The van der Waals surface area contributed by atoms with E-state index in [0.29, 0.717) is 12.8 Å². The molecular weight excluding hydrogens is 128 g/mol. The number of nitrogens with zero attached hydrogens (tertiary/aromatic N) is 1. The van der Waals surface area contributed by atoms with Crippen LogP contribution >= 0.6 is 0 Å². The summed E-state index contributed by atoms with van der Waals surface area (Å²) in [6.07, 6.45) is 1.25. The Hall–Kier alpha value is -0.120. The van der Waals surface area contributed by atoms with Gasteiger partial charge in [0.25, 0.3) is 0 Å². The minimum atomic E-state index is 0.643. The fourth-order valence-electron chi connectivity index (χ4n) is 1.30. The number of methoxy groups -OCH3 is 1. The zero-order valence-electron chi connectivity index (χ0n) is 6.76. The Morgan fingerprint density at radius 1 is 1.70 bits per heavy atom. The fraction of sp³-hybridized carbons (Fsp3) is 1.00. The Labute approximate surface area is 62.3 Å². The maximum atomic E-state index is 4.91. The zero-order chi connectivity index (χ0) is 7.40. The van der Waals surface area contributed by atoms with E-state index in [1.807, 2.05) is 0 Å². The molecule has 0 aromatic heterocycles. The van der Waals surface area contributed by atoms with Crippen LogP contribution in [0.4, 0.5) is 0 Å². The molecule has 3 nitrogen and oxygen atoms in total. The summed E-state index contributed by atoms with van der Waals surface area (Å²) in [5, 5.41) is 3.30. The molecule has 0 bridgehead atoms. The molecule has 3 heteroatoms. The average molecular weight is 144 g/mol. The van der Waals surface area contributed by atoms with Crippen molar-refractivity contribution < 1.29 is 4.74 Å².